The molecule has 0 unspecified atom stereocenters. The van der Waals surface area contributed by atoms with Gasteiger partial charge in [-0.05, 0) is 49.6 Å². The van der Waals surface area contributed by atoms with Crippen LogP contribution in [0.5, 0.6) is 5.75 Å². The number of anilines is 2. The first-order valence-electron chi connectivity index (χ1n) is 10.5. The van der Waals surface area contributed by atoms with E-state index in [1.807, 2.05) is 42.5 Å². The van der Waals surface area contributed by atoms with Crippen LogP contribution in [0.3, 0.4) is 0 Å². The summed E-state index contributed by atoms with van der Waals surface area (Å²) in [6, 6.07) is 18.7. The molecule has 1 atom stereocenters. The van der Waals surface area contributed by atoms with Gasteiger partial charge in [-0.2, -0.15) is 11.8 Å². The Morgan fingerprint density at radius 3 is 2.69 bits per heavy atom. The molecule has 7 nitrogen and oxygen atoms in total. The number of carbonyl (C=O) groups excluding carboxylic acids is 1. The van der Waals surface area contributed by atoms with Crippen LogP contribution >= 0.6 is 11.8 Å². The number of nitrogens with zero attached hydrogens (tertiary/aromatic N) is 3. The fourth-order valence-corrected chi connectivity index (χ4v) is 3.93. The first-order valence-corrected chi connectivity index (χ1v) is 11.9. The lowest BCUT2D eigenvalue weighted by molar-refractivity contribution is 0.0985. The number of aromatic nitrogens is 2. The number of morpholine rings is 1. The summed E-state index contributed by atoms with van der Waals surface area (Å²) in [5.41, 5.74) is 2.51. The molecule has 0 spiro atoms. The minimum atomic E-state index is -0.536. The smallest absolute Gasteiger partial charge is 0.410 e. The highest BCUT2D eigenvalue weighted by atomic mass is 32.2. The maximum absolute atomic E-state index is 12.1. The van der Waals surface area contributed by atoms with E-state index in [9.17, 15) is 4.79 Å². The Morgan fingerprint density at radius 2 is 1.97 bits per heavy atom. The fourth-order valence-electron chi connectivity index (χ4n) is 3.49. The van der Waals surface area contributed by atoms with Gasteiger partial charge in [0.1, 0.15) is 11.6 Å². The van der Waals surface area contributed by atoms with Crippen molar-refractivity contribution in [2.24, 2.45) is 0 Å². The van der Waals surface area contributed by atoms with Crippen molar-refractivity contribution in [3.8, 4) is 17.1 Å². The summed E-state index contributed by atoms with van der Waals surface area (Å²) < 4.78 is 10.9. The Labute approximate surface area is 192 Å². The highest BCUT2D eigenvalue weighted by Gasteiger charge is 2.21. The van der Waals surface area contributed by atoms with Crippen LogP contribution in [0, 0.1) is 0 Å². The quantitative estimate of drug-likeness (QED) is 0.576. The third-order valence-corrected chi connectivity index (χ3v) is 5.65. The summed E-state index contributed by atoms with van der Waals surface area (Å²) in [6.45, 7) is 4.34. The lowest BCUT2D eigenvalue weighted by atomic mass is 10.2. The summed E-state index contributed by atoms with van der Waals surface area (Å²) in [4.78, 5) is 24.0. The van der Waals surface area contributed by atoms with Gasteiger partial charge in [-0.25, -0.2) is 14.8 Å². The summed E-state index contributed by atoms with van der Waals surface area (Å²) in [5.74, 6) is 2.89. The van der Waals surface area contributed by atoms with Crippen LogP contribution in [-0.4, -0.2) is 48.1 Å². The van der Waals surface area contributed by atoms with Gasteiger partial charge in [-0.3, -0.25) is 5.32 Å². The fraction of sp³-hybridized carbons (Fsp3) is 0.292. The second kappa shape index (κ2) is 10.5. The van der Waals surface area contributed by atoms with Crippen molar-refractivity contribution in [2.45, 2.75) is 18.7 Å². The number of thioether (sulfide) groups is 1. The van der Waals surface area contributed by atoms with Crippen LogP contribution in [0.15, 0.2) is 60.7 Å². The zero-order valence-corrected chi connectivity index (χ0v) is 19.0. The number of nitrogens with one attached hydrogen (secondary N) is 1. The second-order valence-corrected chi connectivity index (χ2v) is 8.36. The molecule has 166 valence electrons. The van der Waals surface area contributed by atoms with Crippen molar-refractivity contribution in [1.29, 1.82) is 0 Å². The van der Waals surface area contributed by atoms with Gasteiger partial charge in [0.05, 0.1) is 24.9 Å². The van der Waals surface area contributed by atoms with Crippen molar-refractivity contribution in [2.75, 3.05) is 36.2 Å². The Kier molecular flexibility index (Phi) is 7.24. The molecule has 1 N–H and O–H groups in total. The van der Waals surface area contributed by atoms with Crippen molar-refractivity contribution in [3.63, 3.8) is 0 Å². The third-order valence-electron chi connectivity index (χ3n) is 5.06. The Morgan fingerprint density at radius 1 is 1.19 bits per heavy atom. The molecule has 1 amide bonds. The Balaban J connectivity index is 1.51. The van der Waals surface area contributed by atoms with Gasteiger partial charge in [0.15, 0.2) is 5.82 Å². The minimum Gasteiger partial charge on any atom is -0.410 e. The lowest BCUT2D eigenvalue weighted by Crippen LogP contribution is -2.44. The molecule has 0 saturated carbocycles. The van der Waals surface area contributed by atoms with E-state index in [1.54, 1.807) is 23.9 Å². The first-order chi connectivity index (χ1) is 15.6. The molecular weight excluding hydrogens is 424 g/mol. The van der Waals surface area contributed by atoms with Gasteiger partial charge in [-0.1, -0.05) is 18.2 Å². The van der Waals surface area contributed by atoms with Crippen LogP contribution in [0.2, 0.25) is 0 Å². The number of rotatable bonds is 6. The molecule has 1 aliphatic heterocycles. The molecular formula is C24H26N4O3S. The number of carbonyl (C=O) groups is 1. The minimum absolute atomic E-state index is 0.260. The largest absolute Gasteiger partial charge is 0.417 e. The van der Waals surface area contributed by atoms with E-state index < -0.39 is 6.09 Å². The number of hydrogen-bond donors (Lipinski definition) is 1. The molecule has 4 rings (SSSR count). The highest BCUT2D eigenvalue weighted by molar-refractivity contribution is 7.97. The van der Waals surface area contributed by atoms with E-state index in [2.05, 4.69) is 29.5 Å². The number of hydrogen-bond acceptors (Lipinski definition) is 7. The summed E-state index contributed by atoms with van der Waals surface area (Å²) >= 11 is 1.73. The van der Waals surface area contributed by atoms with Crippen LogP contribution in [0.25, 0.3) is 11.4 Å². The van der Waals surface area contributed by atoms with Crippen molar-refractivity contribution >= 4 is 29.4 Å². The predicted octanol–water partition coefficient (Wildman–Crippen LogP) is 4.84. The van der Waals surface area contributed by atoms with E-state index in [0.717, 1.165) is 29.4 Å². The third kappa shape index (κ3) is 5.57. The summed E-state index contributed by atoms with van der Waals surface area (Å²) in [7, 11) is 0. The molecule has 1 aliphatic rings. The van der Waals surface area contributed by atoms with Crippen molar-refractivity contribution < 1.29 is 14.3 Å². The zero-order chi connectivity index (χ0) is 22.3. The number of amides is 1. The first kappa shape index (κ1) is 22.1. The molecule has 1 saturated heterocycles. The molecule has 1 fully saturated rings. The van der Waals surface area contributed by atoms with Crippen LogP contribution < -0.4 is 15.0 Å². The topological polar surface area (TPSA) is 76.6 Å². The number of ether oxygens (including phenoxy) is 2. The van der Waals surface area contributed by atoms with Gasteiger partial charge < -0.3 is 14.4 Å². The number of benzene rings is 2. The van der Waals surface area contributed by atoms with Gasteiger partial charge in [0.25, 0.3) is 0 Å². The molecule has 3 aromatic rings. The average Bonchev–Trinajstić information content (AvgIpc) is 2.80. The highest BCUT2D eigenvalue weighted by Crippen LogP contribution is 2.25. The van der Waals surface area contributed by atoms with Crippen molar-refractivity contribution in [1.82, 2.24) is 9.97 Å². The molecule has 0 bridgehead atoms. The maximum Gasteiger partial charge on any atom is 0.417 e. The Bertz CT molecular complexity index is 1050. The molecule has 32 heavy (non-hydrogen) atoms. The average molecular weight is 451 g/mol. The summed E-state index contributed by atoms with van der Waals surface area (Å²) in [6.07, 6.45) is 1.53. The van der Waals surface area contributed by atoms with E-state index >= 15 is 0 Å². The van der Waals surface area contributed by atoms with Gasteiger partial charge in [0, 0.05) is 29.6 Å². The van der Waals surface area contributed by atoms with E-state index in [0.29, 0.717) is 30.5 Å². The molecule has 1 aromatic heterocycles. The van der Waals surface area contributed by atoms with E-state index in [4.69, 9.17) is 19.4 Å². The van der Waals surface area contributed by atoms with Gasteiger partial charge in [0.2, 0.25) is 0 Å². The zero-order valence-electron chi connectivity index (χ0n) is 18.2. The summed E-state index contributed by atoms with van der Waals surface area (Å²) in [5, 5.41) is 2.74. The molecule has 2 aromatic carbocycles. The van der Waals surface area contributed by atoms with Crippen LogP contribution in [-0.2, 0) is 10.5 Å². The SMILES string of the molecule is CSCc1cc(N2CCOC[C@@H]2C)nc(-c2ccc(NC(=O)Oc3ccccc3)cc2)n1. The maximum atomic E-state index is 12.1. The van der Waals surface area contributed by atoms with E-state index in [-0.39, 0.29) is 6.04 Å². The molecule has 8 heteroatoms. The normalized spacial score (nSPS) is 15.9. The van der Waals surface area contributed by atoms with Crippen LogP contribution in [0.4, 0.5) is 16.3 Å². The van der Waals surface area contributed by atoms with E-state index in [1.165, 1.54) is 0 Å². The number of para-hydroxylation sites is 1. The van der Waals surface area contributed by atoms with Crippen LogP contribution in [0.1, 0.15) is 12.6 Å². The molecule has 0 aliphatic carbocycles. The monoisotopic (exact) mass is 450 g/mol. The lowest BCUT2D eigenvalue weighted by Gasteiger charge is -2.34. The Hall–Kier alpha value is -3.10. The van der Waals surface area contributed by atoms with Gasteiger partial charge in [-0.15, -0.1) is 0 Å². The standard InChI is InChI=1S/C24H26N4O3S/c1-17-15-30-13-12-28(17)22-14-20(16-32-2)25-23(27-22)18-8-10-19(11-9-18)26-24(29)31-21-6-4-3-5-7-21/h3-11,14,17H,12-13,15-16H2,1-2H3,(H,26,29)/t17-/m0/s1. The predicted molar refractivity (Wildman–Crippen MR) is 128 cm³/mol. The molecule has 0 radical (unpaired) electrons. The molecule has 2 heterocycles. The van der Waals surface area contributed by atoms with Gasteiger partial charge >= 0.3 is 6.09 Å². The van der Waals surface area contributed by atoms with Crippen molar-refractivity contribution in [3.05, 3.63) is 66.4 Å². The second-order valence-electron chi connectivity index (χ2n) is 7.50.